The number of aliphatic hydroxyl groups excluding tert-OH is 2. The number of rotatable bonds is 14. The molecule has 59 heavy (non-hydrogen) atoms. The van der Waals surface area contributed by atoms with Gasteiger partial charge >= 0.3 is 0 Å². The minimum absolute atomic E-state index is 0.0318. The molecule has 0 saturated heterocycles. The molecule has 4 aliphatic rings. The molecule has 1 aromatic heterocycles. The van der Waals surface area contributed by atoms with Crippen molar-refractivity contribution in [1.82, 2.24) is 10.3 Å². The summed E-state index contributed by atoms with van der Waals surface area (Å²) >= 11 is 0. The van der Waals surface area contributed by atoms with Crippen LogP contribution in [0.15, 0.2) is 48.5 Å². The molecule has 4 fully saturated rings. The molecule has 4 aliphatic carbocycles. The number of carbonyl (C=O) groups is 2. The first kappa shape index (κ1) is 43.7. The summed E-state index contributed by atoms with van der Waals surface area (Å²) in [5, 5.41) is 43.5. The molecule has 1 heterocycles. The van der Waals surface area contributed by atoms with Gasteiger partial charge < -0.3 is 26.0 Å². The van der Waals surface area contributed by atoms with Crippen molar-refractivity contribution in [3.8, 4) is 0 Å². The number of nitrogens with zero attached hydrogens (tertiary/aromatic N) is 1. The molecule has 2 aromatic carbocycles. The van der Waals surface area contributed by atoms with E-state index in [9.17, 15) is 33.3 Å². The summed E-state index contributed by atoms with van der Waals surface area (Å²) in [6.45, 7) is 10.5. The summed E-state index contributed by atoms with van der Waals surface area (Å²) in [5.74, 6) is 0.0470. The fraction of sp³-hybridized carbons (Fsp3) is 0.638. The molecule has 3 aromatic rings. The van der Waals surface area contributed by atoms with E-state index in [1.54, 1.807) is 6.92 Å². The number of aryl methyl sites for hydroxylation is 2. The van der Waals surface area contributed by atoms with Gasteiger partial charge in [0.1, 0.15) is 0 Å². The van der Waals surface area contributed by atoms with E-state index >= 15 is 0 Å². The Balaban J connectivity index is 0.998. The minimum atomic E-state index is -4.14. The second-order valence-corrected chi connectivity index (χ2v) is 20.9. The number of ketones is 1. The zero-order valence-electron chi connectivity index (χ0n) is 35.4. The van der Waals surface area contributed by atoms with Crippen molar-refractivity contribution in [3.05, 3.63) is 70.9 Å². The van der Waals surface area contributed by atoms with Crippen LogP contribution in [0.1, 0.15) is 119 Å². The fourth-order valence-corrected chi connectivity index (χ4v) is 13.3. The summed E-state index contributed by atoms with van der Waals surface area (Å²) in [6, 6.07) is 16.2. The number of hydrogen-bond donors (Lipinski definition) is 6. The number of aromatic nitrogens is 1. The number of benzene rings is 2. The highest BCUT2D eigenvalue weighted by Gasteiger charge is 2.66. The van der Waals surface area contributed by atoms with Crippen LogP contribution in [0.3, 0.4) is 0 Å². The van der Waals surface area contributed by atoms with Gasteiger partial charge in [-0.15, -0.1) is 0 Å². The van der Waals surface area contributed by atoms with Gasteiger partial charge in [0.15, 0.2) is 5.78 Å². The molecule has 4 saturated carbocycles. The van der Waals surface area contributed by atoms with E-state index in [1.165, 1.54) is 0 Å². The van der Waals surface area contributed by atoms with Crippen LogP contribution in [0.5, 0.6) is 0 Å². The van der Waals surface area contributed by atoms with Gasteiger partial charge in [0.05, 0.1) is 46.0 Å². The molecule has 11 nitrogen and oxygen atoms in total. The van der Waals surface area contributed by atoms with Crippen molar-refractivity contribution in [2.75, 3.05) is 17.6 Å². The van der Waals surface area contributed by atoms with Crippen molar-refractivity contribution in [2.45, 2.75) is 130 Å². The second-order valence-electron chi connectivity index (χ2n) is 19.3. The molecule has 5 unspecified atom stereocenters. The number of hydrogen-bond acceptors (Lipinski definition) is 9. The van der Waals surface area contributed by atoms with Crippen molar-refractivity contribution < 1.29 is 37.9 Å². The summed E-state index contributed by atoms with van der Waals surface area (Å²) in [4.78, 5) is 30.0. The molecule has 6 N–H and O–H groups in total. The van der Waals surface area contributed by atoms with Crippen molar-refractivity contribution >= 4 is 38.4 Å². The van der Waals surface area contributed by atoms with Crippen LogP contribution in [0.2, 0.25) is 0 Å². The molecular formula is C47H65N3O8S. The second kappa shape index (κ2) is 16.8. The van der Waals surface area contributed by atoms with Gasteiger partial charge in [-0.1, -0.05) is 63.2 Å². The van der Waals surface area contributed by atoms with Crippen LogP contribution in [0.4, 0.5) is 5.69 Å². The predicted molar refractivity (Wildman–Crippen MR) is 229 cm³/mol. The van der Waals surface area contributed by atoms with Gasteiger partial charge in [0.25, 0.3) is 10.1 Å². The third-order valence-electron chi connectivity index (χ3n) is 16.1. The Morgan fingerprint density at radius 2 is 1.69 bits per heavy atom. The van der Waals surface area contributed by atoms with Crippen LogP contribution in [0, 0.1) is 53.3 Å². The van der Waals surface area contributed by atoms with Crippen molar-refractivity contribution in [2.24, 2.45) is 46.3 Å². The maximum absolute atomic E-state index is 12.8. The number of amides is 1. The van der Waals surface area contributed by atoms with Crippen LogP contribution >= 0.6 is 0 Å². The molecular weight excluding hydrogens is 767 g/mol. The van der Waals surface area contributed by atoms with Crippen molar-refractivity contribution in [1.29, 1.82) is 0 Å². The average molecular weight is 832 g/mol. The number of anilines is 1. The van der Waals surface area contributed by atoms with Crippen LogP contribution in [0.25, 0.3) is 10.9 Å². The van der Waals surface area contributed by atoms with E-state index in [1.807, 2.05) is 43.3 Å². The van der Waals surface area contributed by atoms with Crippen LogP contribution < -0.4 is 10.6 Å². The molecule has 1 amide bonds. The lowest BCUT2D eigenvalue weighted by atomic mass is 9.42. The average Bonchev–Trinajstić information content (AvgIpc) is 3.54. The number of aliphatic hydroxyl groups is 3. The van der Waals surface area contributed by atoms with Gasteiger partial charge in [0.2, 0.25) is 5.91 Å². The smallest absolute Gasteiger partial charge is 0.266 e. The zero-order valence-corrected chi connectivity index (χ0v) is 36.2. The number of para-hydroxylation sites is 1. The summed E-state index contributed by atoms with van der Waals surface area (Å²) in [6.07, 6.45) is 6.36. The van der Waals surface area contributed by atoms with Gasteiger partial charge in [-0.3, -0.25) is 19.1 Å². The predicted octanol–water partition coefficient (Wildman–Crippen LogP) is 7.04. The van der Waals surface area contributed by atoms with E-state index in [0.29, 0.717) is 62.7 Å². The first-order chi connectivity index (χ1) is 27.8. The van der Waals surface area contributed by atoms with Gasteiger partial charge in [0, 0.05) is 24.9 Å². The highest BCUT2D eigenvalue weighted by molar-refractivity contribution is 7.85. The highest BCUT2D eigenvalue weighted by atomic mass is 32.2. The van der Waals surface area contributed by atoms with E-state index < -0.39 is 33.7 Å². The first-order valence-corrected chi connectivity index (χ1v) is 23.5. The Hall–Kier alpha value is -3.42. The standard InChI is InChI=1S/C47H65N3O8S/c1-28(14-17-41(54)48-22-23-59(56,57)58)35-15-16-36-43-37(25-40(53)46(35,36)5)45(4)20-21-47(55,26-33(45)24-39(43)52)19-18-31-10-6-7-11-32(31)27-49-44-34-12-8-9-13-38(34)50-29(2)42(44)30(3)51/h6-13,28,33,35-37,39-40,43,52-53,55H,14-27H2,1-5H3,(H,48,54)(H,49,50)(H,56,57,58)/t28-,33?,35-,36?,37?,39?,40+,43?,45+,46-,47-/m0/s1. The molecule has 12 heteroatoms. The summed E-state index contributed by atoms with van der Waals surface area (Å²) in [5.41, 5.74) is 3.84. The maximum atomic E-state index is 12.8. The molecule has 11 atom stereocenters. The Morgan fingerprint density at radius 3 is 2.42 bits per heavy atom. The van der Waals surface area contributed by atoms with Gasteiger partial charge in [-0.2, -0.15) is 8.42 Å². The zero-order chi connectivity index (χ0) is 42.5. The summed E-state index contributed by atoms with van der Waals surface area (Å²) in [7, 11) is -4.14. The lowest BCUT2D eigenvalue weighted by Gasteiger charge is -2.64. The maximum Gasteiger partial charge on any atom is 0.266 e. The summed E-state index contributed by atoms with van der Waals surface area (Å²) < 4.78 is 31.1. The SMILES string of the molecule is CC(=O)c1c(C)nc2ccccc2c1NCc1ccccc1CC[C@]1(O)CC[C@]2(C)C(CC(O)C3C2C[C@@H](O)[C@]2(C)C3CC[C@H]2[C@@H](C)CCC(=O)NCCS(=O)(=O)O)C1. The highest BCUT2D eigenvalue weighted by Crippen LogP contribution is 2.69. The van der Waals surface area contributed by atoms with E-state index in [0.717, 1.165) is 47.0 Å². The number of nitrogens with one attached hydrogen (secondary N) is 2. The normalized spacial score (nSPS) is 33.4. The lowest BCUT2D eigenvalue weighted by Crippen LogP contribution is -2.63. The molecule has 0 aliphatic heterocycles. The van der Waals surface area contributed by atoms with Crippen LogP contribution in [-0.4, -0.2) is 75.1 Å². The van der Waals surface area contributed by atoms with E-state index in [2.05, 4.69) is 48.5 Å². The fourth-order valence-electron chi connectivity index (χ4n) is 12.9. The van der Waals surface area contributed by atoms with Gasteiger partial charge in [-0.25, -0.2) is 0 Å². The van der Waals surface area contributed by atoms with Gasteiger partial charge in [-0.05, 0) is 142 Å². The quantitative estimate of drug-likeness (QED) is 0.0727. The Morgan fingerprint density at radius 1 is 0.983 bits per heavy atom. The molecule has 322 valence electrons. The number of pyridine rings is 1. The molecule has 7 rings (SSSR count). The van der Waals surface area contributed by atoms with E-state index in [4.69, 9.17) is 4.55 Å². The Kier molecular flexibility index (Phi) is 12.4. The number of Topliss-reactive ketones (excluding diaryl/α,β-unsaturated/α-hetero) is 1. The topological polar surface area (TPSA) is 186 Å². The third-order valence-corrected chi connectivity index (χ3v) is 16.8. The monoisotopic (exact) mass is 831 g/mol. The first-order valence-electron chi connectivity index (χ1n) is 21.9. The van der Waals surface area contributed by atoms with E-state index in [-0.39, 0.29) is 71.0 Å². The van der Waals surface area contributed by atoms with Crippen molar-refractivity contribution in [3.63, 3.8) is 0 Å². The lowest BCUT2D eigenvalue weighted by molar-refractivity contribution is -0.216. The minimum Gasteiger partial charge on any atom is -0.393 e. The van der Waals surface area contributed by atoms with Crippen LogP contribution in [-0.2, 0) is 27.9 Å². The molecule has 0 bridgehead atoms. The largest absolute Gasteiger partial charge is 0.393 e. The number of fused-ring (bicyclic) bond motifs is 6. The third kappa shape index (κ3) is 8.58. The number of carbonyl (C=O) groups excluding carboxylic acids is 2. The molecule has 0 radical (unpaired) electrons. The molecule has 0 spiro atoms. The Labute approximate surface area is 349 Å². The Bertz CT molecular complexity index is 2160.